The molecule has 1 amide bonds. The highest BCUT2D eigenvalue weighted by Crippen LogP contribution is 2.32. The van der Waals surface area contributed by atoms with Gasteiger partial charge in [-0.15, -0.1) is 0 Å². The number of carbonyl (C=O) groups excluding carboxylic acids is 1. The number of aromatic nitrogens is 2. The molecular weight excluding hydrogens is 450 g/mol. The minimum atomic E-state index is -0.203. The number of thioether (sulfide) groups is 1. The number of anilines is 1. The minimum absolute atomic E-state index is 0.104. The molecule has 0 unspecified atom stereocenters. The maximum absolute atomic E-state index is 13.3. The second kappa shape index (κ2) is 9.61. The van der Waals surface area contributed by atoms with Crippen LogP contribution in [0.4, 0.5) is 5.69 Å². The van der Waals surface area contributed by atoms with Crippen LogP contribution in [0.3, 0.4) is 0 Å². The number of hydrogen-bond acceptors (Lipinski definition) is 6. The number of hydrogen-bond donors (Lipinski definition) is 1. The van der Waals surface area contributed by atoms with Crippen molar-refractivity contribution < 1.29 is 14.3 Å². The molecule has 8 heteroatoms. The van der Waals surface area contributed by atoms with Gasteiger partial charge in [0.1, 0.15) is 13.2 Å². The lowest BCUT2D eigenvalue weighted by atomic mass is 10.1. The quantitative estimate of drug-likeness (QED) is 0.333. The largest absolute Gasteiger partial charge is 0.486 e. The summed E-state index contributed by atoms with van der Waals surface area (Å²) in [6, 6.07) is 20.6. The fourth-order valence-electron chi connectivity index (χ4n) is 3.72. The molecule has 0 bridgehead atoms. The minimum Gasteiger partial charge on any atom is -0.486 e. The predicted octanol–water partition coefficient (Wildman–Crippen LogP) is 4.26. The normalized spacial score (nSPS) is 12.5. The van der Waals surface area contributed by atoms with Crippen LogP contribution in [-0.2, 0) is 11.3 Å². The summed E-state index contributed by atoms with van der Waals surface area (Å²) in [7, 11) is 0. The SMILES string of the molecule is Cc1ccc(Cn2c(SCC(=O)Nc3ccc4c(c3)OCCO4)nc3ccccc3c2=O)cc1. The van der Waals surface area contributed by atoms with E-state index in [1.807, 2.05) is 49.4 Å². The Hall–Kier alpha value is -3.78. The number of nitrogens with one attached hydrogen (secondary N) is 1. The van der Waals surface area contributed by atoms with Crippen LogP contribution in [0.5, 0.6) is 11.5 Å². The van der Waals surface area contributed by atoms with Crippen molar-refractivity contribution in [2.45, 2.75) is 18.6 Å². The molecule has 0 radical (unpaired) electrons. The Morgan fingerprint density at radius 1 is 1.03 bits per heavy atom. The number of rotatable bonds is 6. The Kier molecular flexibility index (Phi) is 6.22. The Morgan fingerprint density at radius 2 is 1.79 bits per heavy atom. The number of aryl methyl sites for hydroxylation is 1. The summed E-state index contributed by atoms with van der Waals surface area (Å²) in [5.41, 5.74) is 3.26. The van der Waals surface area contributed by atoms with Gasteiger partial charge < -0.3 is 14.8 Å². The zero-order valence-corrected chi connectivity index (χ0v) is 19.4. The van der Waals surface area contributed by atoms with E-state index in [9.17, 15) is 9.59 Å². The molecule has 1 aromatic heterocycles. The summed E-state index contributed by atoms with van der Waals surface area (Å²) in [6.07, 6.45) is 0. The van der Waals surface area contributed by atoms with Gasteiger partial charge in [0, 0.05) is 11.8 Å². The van der Waals surface area contributed by atoms with Crippen molar-refractivity contribution in [3.8, 4) is 11.5 Å². The van der Waals surface area contributed by atoms with E-state index in [4.69, 9.17) is 14.5 Å². The van der Waals surface area contributed by atoms with E-state index < -0.39 is 0 Å². The van der Waals surface area contributed by atoms with E-state index in [1.165, 1.54) is 11.8 Å². The van der Waals surface area contributed by atoms with Gasteiger partial charge in [0.25, 0.3) is 5.56 Å². The highest BCUT2D eigenvalue weighted by molar-refractivity contribution is 7.99. The first kappa shape index (κ1) is 22.0. The summed E-state index contributed by atoms with van der Waals surface area (Å²) < 4.78 is 12.7. The number of ether oxygens (including phenoxy) is 2. The van der Waals surface area contributed by atoms with Gasteiger partial charge in [-0.2, -0.15) is 0 Å². The molecule has 0 aliphatic carbocycles. The van der Waals surface area contributed by atoms with Crippen LogP contribution in [0.1, 0.15) is 11.1 Å². The van der Waals surface area contributed by atoms with Crippen molar-refractivity contribution in [1.82, 2.24) is 9.55 Å². The third-order valence-corrected chi connectivity index (χ3v) is 6.42. The first-order valence-electron chi connectivity index (χ1n) is 10.9. The standard InChI is InChI=1S/C26H23N3O4S/c1-17-6-8-18(9-7-17)15-29-25(31)20-4-2-3-5-21(20)28-26(29)34-16-24(30)27-19-10-11-22-23(14-19)33-13-12-32-22/h2-11,14H,12-13,15-16H2,1H3,(H,27,30). The van der Waals surface area contributed by atoms with Crippen LogP contribution in [0.2, 0.25) is 0 Å². The van der Waals surface area contributed by atoms with E-state index in [-0.39, 0.29) is 17.2 Å². The fraction of sp³-hybridized carbons (Fsp3) is 0.192. The number of carbonyl (C=O) groups is 1. The lowest BCUT2D eigenvalue weighted by Crippen LogP contribution is -2.25. The third-order valence-electron chi connectivity index (χ3n) is 5.45. The average molecular weight is 474 g/mol. The second-order valence-electron chi connectivity index (χ2n) is 7.98. The molecule has 0 saturated heterocycles. The van der Waals surface area contributed by atoms with Crippen LogP contribution in [0.15, 0.2) is 76.7 Å². The molecule has 7 nitrogen and oxygen atoms in total. The molecule has 1 N–H and O–H groups in total. The monoisotopic (exact) mass is 473 g/mol. The molecule has 1 aliphatic heterocycles. The van der Waals surface area contributed by atoms with Crippen molar-refractivity contribution in [1.29, 1.82) is 0 Å². The first-order chi connectivity index (χ1) is 16.6. The number of nitrogens with zero attached hydrogens (tertiary/aromatic N) is 2. The number of benzene rings is 3. The summed E-state index contributed by atoms with van der Waals surface area (Å²) >= 11 is 1.24. The van der Waals surface area contributed by atoms with Crippen LogP contribution in [-0.4, -0.2) is 34.4 Å². The molecule has 172 valence electrons. The zero-order chi connectivity index (χ0) is 23.5. The summed E-state index contributed by atoms with van der Waals surface area (Å²) in [5, 5.41) is 3.94. The van der Waals surface area contributed by atoms with Crippen LogP contribution < -0.4 is 20.3 Å². The maximum atomic E-state index is 13.3. The smallest absolute Gasteiger partial charge is 0.262 e. The lowest BCUT2D eigenvalue weighted by molar-refractivity contribution is -0.113. The molecule has 0 spiro atoms. The molecule has 34 heavy (non-hydrogen) atoms. The van der Waals surface area contributed by atoms with Gasteiger partial charge in [0.2, 0.25) is 5.91 Å². The number of fused-ring (bicyclic) bond motifs is 2. The lowest BCUT2D eigenvalue weighted by Gasteiger charge is -2.19. The molecule has 0 saturated carbocycles. The van der Waals surface area contributed by atoms with Crippen LogP contribution >= 0.6 is 11.8 Å². The summed E-state index contributed by atoms with van der Waals surface area (Å²) in [5.74, 6) is 1.18. The van der Waals surface area contributed by atoms with Crippen molar-refractivity contribution >= 4 is 34.3 Å². The summed E-state index contributed by atoms with van der Waals surface area (Å²) in [4.78, 5) is 30.7. The molecule has 2 heterocycles. The molecule has 3 aromatic carbocycles. The van der Waals surface area contributed by atoms with Crippen LogP contribution in [0.25, 0.3) is 10.9 Å². The summed E-state index contributed by atoms with van der Waals surface area (Å²) in [6.45, 7) is 3.39. The molecule has 5 rings (SSSR count). The van der Waals surface area contributed by atoms with Gasteiger partial charge in [-0.05, 0) is 36.8 Å². The Bertz CT molecular complexity index is 1420. The Morgan fingerprint density at radius 3 is 2.62 bits per heavy atom. The van der Waals surface area contributed by atoms with Gasteiger partial charge in [-0.3, -0.25) is 14.2 Å². The van der Waals surface area contributed by atoms with Gasteiger partial charge in [0.15, 0.2) is 16.7 Å². The van der Waals surface area contributed by atoms with Crippen molar-refractivity contribution in [3.63, 3.8) is 0 Å². The second-order valence-corrected chi connectivity index (χ2v) is 8.93. The van der Waals surface area contributed by atoms with E-state index in [2.05, 4.69) is 5.32 Å². The predicted molar refractivity (Wildman–Crippen MR) is 133 cm³/mol. The maximum Gasteiger partial charge on any atom is 0.262 e. The topological polar surface area (TPSA) is 82.5 Å². The molecule has 4 aromatic rings. The van der Waals surface area contributed by atoms with E-state index in [0.717, 1.165) is 11.1 Å². The van der Waals surface area contributed by atoms with E-state index in [0.29, 0.717) is 53.0 Å². The Labute approximate surface area is 200 Å². The van der Waals surface area contributed by atoms with Crippen molar-refractivity contribution in [2.75, 3.05) is 24.3 Å². The van der Waals surface area contributed by atoms with E-state index >= 15 is 0 Å². The average Bonchev–Trinajstić information content (AvgIpc) is 2.86. The first-order valence-corrected chi connectivity index (χ1v) is 11.9. The highest BCUT2D eigenvalue weighted by Gasteiger charge is 2.16. The van der Waals surface area contributed by atoms with E-state index in [1.54, 1.807) is 28.8 Å². The van der Waals surface area contributed by atoms with Crippen molar-refractivity contribution in [3.05, 3.63) is 88.2 Å². The molecular formula is C26H23N3O4S. The molecule has 0 fully saturated rings. The molecule has 1 aliphatic rings. The highest BCUT2D eigenvalue weighted by atomic mass is 32.2. The zero-order valence-electron chi connectivity index (χ0n) is 18.6. The van der Waals surface area contributed by atoms with Gasteiger partial charge in [0.05, 0.1) is 23.2 Å². The number of para-hydroxylation sites is 1. The third kappa shape index (κ3) is 4.77. The fourth-order valence-corrected chi connectivity index (χ4v) is 4.52. The van der Waals surface area contributed by atoms with Crippen LogP contribution in [0, 0.1) is 6.92 Å². The van der Waals surface area contributed by atoms with Crippen molar-refractivity contribution in [2.24, 2.45) is 0 Å². The number of amides is 1. The van der Waals surface area contributed by atoms with Gasteiger partial charge in [-0.1, -0.05) is 53.7 Å². The van der Waals surface area contributed by atoms with Gasteiger partial charge in [-0.25, -0.2) is 4.98 Å². The molecule has 0 atom stereocenters. The van der Waals surface area contributed by atoms with Gasteiger partial charge >= 0.3 is 0 Å². The Balaban J connectivity index is 1.37.